The first-order valence-electron chi connectivity index (χ1n) is 5.17. The van der Waals surface area contributed by atoms with Crippen molar-refractivity contribution >= 4 is 5.78 Å². The lowest BCUT2D eigenvalue weighted by molar-refractivity contribution is -0.167. The lowest BCUT2D eigenvalue weighted by Gasteiger charge is -2.20. The van der Waals surface area contributed by atoms with Crippen LogP contribution in [0.2, 0.25) is 0 Å². The van der Waals surface area contributed by atoms with Gasteiger partial charge in [-0.15, -0.1) is 5.06 Å². The summed E-state index contributed by atoms with van der Waals surface area (Å²) in [6.07, 6.45) is -4.04. The smallest absolute Gasteiger partial charge is 0.413 e. The van der Waals surface area contributed by atoms with Crippen molar-refractivity contribution in [2.75, 3.05) is 7.05 Å². The molecule has 18 heavy (non-hydrogen) atoms. The predicted molar refractivity (Wildman–Crippen MR) is 57.2 cm³/mol. The highest BCUT2D eigenvalue weighted by Crippen LogP contribution is 2.36. The molecular weight excluding hydrogens is 247 g/mol. The van der Waals surface area contributed by atoms with Crippen LogP contribution in [0.25, 0.3) is 0 Å². The van der Waals surface area contributed by atoms with E-state index in [2.05, 4.69) is 0 Å². The molecule has 0 saturated heterocycles. The SMILES string of the molecule is CN1OC=C(C(=O)C(F)(F)F)C1c1ccccc1. The molecule has 0 aliphatic carbocycles. The fourth-order valence-electron chi connectivity index (χ4n) is 1.83. The Morgan fingerprint density at radius 3 is 2.44 bits per heavy atom. The van der Waals surface area contributed by atoms with Crippen molar-refractivity contribution in [1.82, 2.24) is 5.06 Å². The van der Waals surface area contributed by atoms with Crippen molar-refractivity contribution in [2.24, 2.45) is 0 Å². The molecule has 0 amide bonds. The summed E-state index contributed by atoms with van der Waals surface area (Å²) in [6.45, 7) is 0. The first-order valence-corrected chi connectivity index (χ1v) is 5.17. The van der Waals surface area contributed by atoms with E-state index in [1.54, 1.807) is 30.3 Å². The zero-order chi connectivity index (χ0) is 13.3. The molecule has 1 aliphatic rings. The Morgan fingerprint density at radius 1 is 1.28 bits per heavy atom. The van der Waals surface area contributed by atoms with Crippen molar-refractivity contribution in [2.45, 2.75) is 12.2 Å². The molecule has 0 fully saturated rings. The first-order chi connectivity index (χ1) is 8.41. The average Bonchev–Trinajstić information content (AvgIpc) is 2.70. The van der Waals surface area contributed by atoms with Gasteiger partial charge in [-0.3, -0.25) is 4.79 Å². The minimum Gasteiger partial charge on any atom is -0.413 e. The molecule has 1 atom stereocenters. The van der Waals surface area contributed by atoms with E-state index in [9.17, 15) is 18.0 Å². The number of benzene rings is 1. The summed E-state index contributed by atoms with van der Waals surface area (Å²) in [7, 11) is 1.48. The highest BCUT2D eigenvalue weighted by Gasteiger charge is 2.46. The summed E-state index contributed by atoms with van der Waals surface area (Å²) >= 11 is 0. The molecule has 0 aromatic heterocycles. The molecule has 1 heterocycles. The number of carbonyl (C=O) groups excluding carboxylic acids is 1. The van der Waals surface area contributed by atoms with Gasteiger partial charge in [-0.2, -0.15) is 13.2 Å². The molecule has 3 nitrogen and oxygen atoms in total. The van der Waals surface area contributed by atoms with Crippen LogP contribution in [-0.2, 0) is 9.63 Å². The molecule has 0 N–H and O–H groups in total. The maximum absolute atomic E-state index is 12.5. The maximum Gasteiger partial charge on any atom is 0.454 e. The fraction of sp³-hybridized carbons (Fsp3) is 0.250. The van der Waals surface area contributed by atoms with Crippen LogP contribution in [0.15, 0.2) is 42.2 Å². The average molecular weight is 257 g/mol. The maximum atomic E-state index is 12.5. The third kappa shape index (κ3) is 2.24. The van der Waals surface area contributed by atoms with Crippen molar-refractivity contribution in [3.05, 3.63) is 47.7 Å². The van der Waals surface area contributed by atoms with E-state index < -0.39 is 23.6 Å². The van der Waals surface area contributed by atoms with Crippen molar-refractivity contribution in [1.29, 1.82) is 0 Å². The van der Waals surface area contributed by atoms with E-state index in [0.717, 1.165) is 6.26 Å². The molecule has 0 radical (unpaired) electrons. The molecule has 0 saturated carbocycles. The number of ketones is 1. The van der Waals surface area contributed by atoms with Crippen LogP contribution in [0.5, 0.6) is 0 Å². The number of Topliss-reactive ketones (excluding diaryl/α,β-unsaturated/α-hetero) is 1. The highest BCUT2D eigenvalue weighted by atomic mass is 19.4. The quantitative estimate of drug-likeness (QED) is 0.815. The van der Waals surface area contributed by atoms with Crippen molar-refractivity contribution in [3.63, 3.8) is 0 Å². The summed E-state index contributed by atoms with van der Waals surface area (Å²) in [4.78, 5) is 16.2. The van der Waals surface area contributed by atoms with E-state index in [4.69, 9.17) is 4.84 Å². The second kappa shape index (κ2) is 4.45. The minimum absolute atomic E-state index is 0.406. The molecule has 1 unspecified atom stereocenters. The summed E-state index contributed by atoms with van der Waals surface area (Å²) in [5.74, 6) is -1.87. The molecule has 1 aromatic carbocycles. The number of likely N-dealkylation sites (N-methyl/N-ethyl adjacent to an activating group) is 1. The van der Waals surface area contributed by atoms with Gasteiger partial charge in [0.15, 0.2) is 0 Å². The number of alkyl halides is 3. The van der Waals surface area contributed by atoms with Gasteiger partial charge in [0.1, 0.15) is 12.3 Å². The Labute approximate surface area is 101 Å². The monoisotopic (exact) mass is 257 g/mol. The van der Waals surface area contributed by atoms with Crippen LogP contribution in [0, 0.1) is 0 Å². The number of rotatable bonds is 2. The topological polar surface area (TPSA) is 29.5 Å². The van der Waals surface area contributed by atoms with Crippen LogP contribution in [0.3, 0.4) is 0 Å². The molecule has 96 valence electrons. The summed E-state index contributed by atoms with van der Waals surface area (Å²) in [5, 5.41) is 1.22. The zero-order valence-corrected chi connectivity index (χ0v) is 9.44. The third-order valence-corrected chi connectivity index (χ3v) is 2.64. The van der Waals surface area contributed by atoms with Crippen LogP contribution in [0.1, 0.15) is 11.6 Å². The summed E-state index contributed by atoms with van der Waals surface area (Å²) in [5.41, 5.74) is 0.164. The van der Waals surface area contributed by atoms with E-state index >= 15 is 0 Å². The van der Waals surface area contributed by atoms with Gasteiger partial charge >= 0.3 is 6.18 Å². The molecule has 0 spiro atoms. The highest BCUT2D eigenvalue weighted by molar-refractivity contribution is 6.00. The van der Waals surface area contributed by atoms with E-state index in [1.165, 1.54) is 12.1 Å². The zero-order valence-electron chi connectivity index (χ0n) is 9.44. The molecule has 6 heteroatoms. The van der Waals surface area contributed by atoms with Gasteiger partial charge in [0, 0.05) is 7.05 Å². The number of hydroxylamine groups is 2. The van der Waals surface area contributed by atoms with Crippen molar-refractivity contribution < 1.29 is 22.8 Å². The molecule has 0 bridgehead atoms. The molecule has 1 aromatic rings. The Balaban J connectivity index is 2.35. The van der Waals surface area contributed by atoms with E-state index in [1.807, 2.05) is 0 Å². The van der Waals surface area contributed by atoms with Crippen LogP contribution >= 0.6 is 0 Å². The van der Waals surface area contributed by atoms with Gasteiger partial charge < -0.3 is 4.84 Å². The summed E-state index contributed by atoms with van der Waals surface area (Å²) in [6, 6.07) is 7.59. The van der Waals surface area contributed by atoms with Crippen LogP contribution in [-0.4, -0.2) is 24.1 Å². The number of hydrogen-bond donors (Lipinski definition) is 0. The Morgan fingerprint density at radius 2 is 1.89 bits per heavy atom. The van der Waals surface area contributed by atoms with Gasteiger partial charge in [-0.25, -0.2) is 0 Å². The Hall–Kier alpha value is -1.82. The second-order valence-electron chi connectivity index (χ2n) is 3.86. The van der Waals surface area contributed by atoms with E-state index in [-0.39, 0.29) is 0 Å². The Kier molecular flexibility index (Phi) is 3.13. The van der Waals surface area contributed by atoms with Gasteiger partial charge in [0.2, 0.25) is 0 Å². The van der Waals surface area contributed by atoms with Gasteiger partial charge in [0.05, 0.1) is 5.57 Å². The molecular formula is C12H10F3NO2. The van der Waals surface area contributed by atoms with Crippen molar-refractivity contribution in [3.8, 4) is 0 Å². The first kappa shape index (κ1) is 12.6. The number of carbonyl (C=O) groups is 1. The van der Waals surface area contributed by atoms with Gasteiger partial charge in [0.25, 0.3) is 5.78 Å². The van der Waals surface area contributed by atoms with E-state index in [0.29, 0.717) is 5.56 Å². The lowest BCUT2D eigenvalue weighted by atomic mass is 9.97. The number of halogens is 3. The molecule has 2 rings (SSSR count). The second-order valence-corrected chi connectivity index (χ2v) is 3.86. The minimum atomic E-state index is -4.90. The van der Waals surface area contributed by atoms with Crippen LogP contribution < -0.4 is 0 Å². The predicted octanol–water partition coefficient (Wildman–Crippen LogP) is 2.62. The van der Waals surface area contributed by atoms with Gasteiger partial charge in [-0.1, -0.05) is 30.3 Å². The normalized spacial score (nSPS) is 20.4. The third-order valence-electron chi connectivity index (χ3n) is 2.64. The van der Waals surface area contributed by atoms with Gasteiger partial charge in [-0.05, 0) is 5.56 Å². The standard InChI is InChI=1S/C12H10F3NO2/c1-16-10(8-5-3-2-4-6-8)9(7-18-16)11(17)12(13,14)15/h2-7,10H,1H3. The number of nitrogens with zero attached hydrogens (tertiary/aromatic N) is 1. The summed E-state index contributed by atoms with van der Waals surface area (Å²) < 4.78 is 37.4. The largest absolute Gasteiger partial charge is 0.454 e. The molecule has 1 aliphatic heterocycles. The number of hydrogen-bond acceptors (Lipinski definition) is 3. The lowest BCUT2D eigenvalue weighted by Crippen LogP contribution is -2.29. The van der Waals surface area contributed by atoms with Crippen LogP contribution in [0.4, 0.5) is 13.2 Å². The Bertz CT molecular complexity index is 482. The fourth-order valence-corrected chi connectivity index (χ4v) is 1.83.